The number of nitrogens with one attached hydrogen (secondary N) is 1. The van der Waals surface area contributed by atoms with Crippen molar-refractivity contribution in [2.24, 2.45) is 0 Å². The van der Waals surface area contributed by atoms with Gasteiger partial charge in [0, 0.05) is 31.1 Å². The molecule has 0 spiro atoms. The number of carbonyl (C=O) groups is 1. The fourth-order valence-electron chi connectivity index (χ4n) is 4.82. The SMILES string of the molecule is COC(=O)N1CCCCC1(C)N1CCCC(c2cccc3[nH]c(=O)oc23)C1. The Morgan fingerprint density at radius 1 is 1.30 bits per heavy atom. The van der Waals surface area contributed by atoms with Gasteiger partial charge in [-0.15, -0.1) is 0 Å². The lowest BCUT2D eigenvalue weighted by molar-refractivity contribution is -0.0711. The standard InChI is InChI=1S/C20H27N3O4/c1-20(10-3-4-12-23(20)19(25)26-2)22-11-6-7-14(13-22)15-8-5-9-16-17(15)27-18(24)21-16/h5,8-9,14H,3-4,6-7,10-13H2,1-2H3,(H,21,24). The van der Waals surface area contributed by atoms with Gasteiger partial charge in [0.15, 0.2) is 5.58 Å². The first-order valence-corrected chi connectivity index (χ1v) is 9.75. The van der Waals surface area contributed by atoms with Crippen LogP contribution in [0.25, 0.3) is 11.1 Å². The molecule has 3 heterocycles. The van der Waals surface area contributed by atoms with Crippen molar-refractivity contribution >= 4 is 17.2 Å². The molecule has 2 aliphatic rings. The van der Waals surface area contributed by atoms with Crippen LogP contribution in [0.1, 0.15) is 50.5 Å². The third-order valence-electron chi connectivity index (χ3n) is 6.28. The number of aromatic nitrogens is 1. The molecule has 1 aromatic heterocycles. The predicted molar refractivity (Wildman–Crippen MR) is 102 cm³/mol. The second kappa shape index (κ2) is 7.03. The third kappa shape index (κ3) is 3.14. The van der Waals surface area contributed by atoms with Gasteiger partial charge in [0.1, 0.15) is 0 Å². The van der Waals surface area contributed by atoms with Crippen LogP contribution >= 0.6 is 0 Å². The van der Waals surface area contributed by atoms with E-state index in [-0.39, 0.29) is 17.7 Å². The number of oxazole rings is 1. The number of carbonyl (C=O) groups excluding carboxylic acids is 1. The molecular formula is C20H27N3O4. The van der Waals surface area contributed by atoms with Gasteiger partial charge in [0.2, 0.25) is 0 Å². The van der Waals surface area contributed by atoms with Crippen LogP contribution in [0.4, 0.5) is 4.79 Å². The minimum atomic E-state index is -0.416. The summed E-state index contributed by atoms with van der Waals surface area (Å²) in [6.45, 7) is 4.67. The molecule has 1 aromatic carbocycles. The van der Waals surface area contributed by atoms with E-state index in [1.165, 1.54) is 7.11 Å². The minimum absolute atomic E-state index is 0.252. The highest BCUT2D eigenvalue weighted by Crippen LogP contribution is 2.38. The first-order chi connectivity index (χ1) is 13.0. The molecule has 0 aliphatic carbocycles. The van der Waals surface area contributed by atoms with Gasteiger partial charge in [-0.05, 0) is 45.1 Å². The van der Waals surface area contributed by atoms with Crippen LogP contribution < -0.4 is 5.76 Å². The highest BCUT2D eigenvalue weighted by atomic mass is 16.5. The summed E-state index contributed by atoms with van der Waals surface area (Å²) in [5, 5.41) is 0. The molecule has 2 unspecified atom stereocenters. The zero-order valence-electron chi connectivity index (χ0n) is 16.0. The Labute approximate surface area is 158 Å². The number of hydrogen-bond acceptors (Lipinski definition) is 5. The van der Waals surface area contributed by atoms with Crippen LogP contribution in [0.5, 0.6) is 0 Å². The largest absolute Gasteiger partial charge is 0.453 e. The summed E-state index contributed by atoms with van der Waals surface area (Å²) in [7, 11) is 1.45. The van der Waals surface area contributed by atoms with Gasteiger partial charge >= 0.3 is 11.8 Å². The lowest BCUT2D eigenvalue weighted by Gasteiger charge is -2.53. The Hall–Kier alpha value is -2.28. The topological polar surface area (TPSA) is 78.8 Å². The molecule has 2 atom stereocenters. The van der Waals surface area contributed by atoms with Crippen molar-refractivity contribution in [3.05, 3.63) is 34.3 Å². The Morgan fingerprint density at radius 3 is 2.96 bits per heavy atom. The Morgan fingerprint density at radius 2 is 2.15 bits per heavy atom. The monoisotopic (exact) mass is 373 g/mol. The normalized spacial score (nSPS) is 27.0. The molecule has 7 heteroatoms. The van der Waals surface area contributed by atoms with Gasteiger partial charge in [0.25, 0.3) is 0 Å². The summed E-state index contributed by atoms with van der Waals surface area (Å²) in [4.78, 5) is 31.1. The highest BCUT2D eigenvalue weighted by Gasteiger charge is 2.44. The number of methoxy groups -OCH3 is 1. The number of benzene rings is 1. The first-order valence-electron chi connectivity index (χ1n) is 9.75. The summed E-state index contributed by atoms with van der Waals surface area (Å²) in [6.07, 6.45) is 4.89. The van der Waals surface area contributed by atoms with Crippen molar-refractivity contribution in [3.8, 4) is 0 Å². The fourth-order valence-corrected chi connectivity index (χ4v) is 4.82. The molecule has 0 bridgehead atoms. The van der Waals surface area contributed by atoms with E-state index in [0.29, 0.717) is 5.58 Å². The van der Waals surface area contributed by atoms with Gasteiger partial charge in [-0.3, -0.25) is 14.8 Å². The number of amides is 1. The molecule has 27 heavy (non-hydrogen) atoms. The summed E-state index contributed by atoms with van der Waals surface area (Å²) in [5.74, 6) is -0.152. The number of H-pyrrole nitrogens is 1. The number of fused-ring (bicyclic) bond motifs is 1. The zero-order valence-corrected chi connectivity index (χ0v) is 16.0. The van der Waals surface area contributed by atoms with Crippen molar-refractivity contribution in [1.29, 1.82) is 0 Å². The lowest BCUT2D eigenvalue weighted by atomic mass is 9.86. The fraction of sp³-hybridized carbons (Fsp3) is 0.600. The molecule has 2 fully saturated rings. The number of aromatic amines is 1. The highest BCUT2D eigenvalue weighted by molar-refractivity contribution is 5.76. The van der Waals surface area contributed by atoms with E-state index in [9.17, 15) is 9.59 Å². The van der Waals surface area contributed by atoms with Crippen molar-refractivity contribution in [2.45, 2.75) is 50.6 Å². The molecule has 4 rings (SSSR count). The quantitative estimate of drug-likeness (QED) is 0.874. The van der Waals surface area contributed by atoms with E-state index in [0.717, 1.165) is 62.8 Å². The zero-order chi connectivity index (χ0) is 19.0. The predicted octanol–water partition coefficient (Wildman–Crippen LogP) is 3.27. The molecule has 0 radical (unpaired) electrons. The number of rotatable bonds is 2. The number of nitrogens with zero attached hydrogens (tertiary/aromatic N) is 2. The maximum atomic E-state index is 12.4. The molecular weight excluding hydrogens is 346 g/mol. The molecule has 2 saturated heterocycles. The molecule has 2 aliphatic heterocycles. The van der Waals surface area contributed by atoms with Crippen LogP contribution in [-0.4, -0.2) is 53.3 Å². The van der Waals surface area contributed by atoms with Gasteiger partial charge in [-0.1, -0.05) is 12.1 Å². The van der Waals surface area contributed by atoms with Crippen LogP contribution in [0.3, 0.4) is 0 Å². The molecule has 7 nitrogen and oxygen atoms in total. The Balaban J connectivity index is 1.64. The van der Waals surface area contributed by atoms with E-state index in [1.807, 2.05) is 17.0 Å². The van der Waals surface area contributed by atoms with E-state index in [1.54, 1.807) is 0 Å². The van der Waals surface area contributed by atoms with Crippen molar-refractivity contribution < 1.29 is 13.9 Å². The van der Waals surface area contributed by atoms with E-state index < -0.39 is 5.76 Å². The summed E-state index contributed by atoms with van der Waals surface area (Å²) in [6, 6.07) is 5.88. The number of para-hydroxylation sites is 1. The summed E-state index contributed by atoms with van der Waals surface area (Å²) in [5.41, 5.74) is 2.14. The molecule has 146 valence electrons. The number of hydrogen-bond donors (Lipinski definition) is 1. The number of likely N-dealkylation sites (tertiary alicyclic amines) is 2. The number of piperidine rings is 2. The van der Waals surface area contributed by atoms with E-state index >= 15 is 0 Å². The van der Waals surface area contributed by atoms with E-state index in [2.05, 4.69) is 22.9 Å². The second-order valence-electron chi connectivity index (χ2n) is 7.82. The van der Waals surface area contributed by atoms with Gasteiger partial charge in [-0.2, -0.15) is 0 Å². The summed E-state index contributed by atoms with van der Waals surface area (Å²) < 4.78 is 10.5. The Bertz CT molecular complexity index is 889. The van der Waals surface area contributed by atoms with Crippen LogP contribution in [0.2, 0.25) is 0 Å². The first kappa shape index (κ1) is 18.1. The smallest absolute Gasteiger partial charge is 0.417 e. The maximum Gasteiger partial charge on any atom is 0.417 e. The number of ether oxygens (including phenoxy) is 1. The van der Waals surface area contributed by atoms with Gasteiger partial charge in [0.05, 0.1) is 18.3 Å². The average Bonchev–Trinajstić information content (AvgIpc) is 3.08. The summed E-state index contributed by atoms with van der Waals surface area (Å²) >= 11 is 0. The third-order valence-corrected chi connectivity index (χ3v) is 6.28. The van der Waals surface area contributed by atoms with Crippen LogP contribution in [0.15, 0.2) is 27.4 Å². The Kier molecular flexibility index (Phi) is 4.72. The van der Waals surface area contributed by atoms with Crippen LogP contribution in [-0.2, 0) is 4.74 Å². The van der Waals surface area contributed by atoms with Crippen molar-refractivity contribution in [3.63, 3.8) is 0 Å². The average molecular weight is 373 g/mol. The van der Waals surface area contributed by atoms with Crippen molar-refractivity contribution in [2.75, 3.05) is 26.7 Å². The maximum absolute atomic E-state index is 12.4. The molecule has 0 saturated carbocycles. The van der Waals surface area contributed by atoms with Gasteiger partial charge < -0.3 is 9.15 Å². The van der Waals surface area contributed by atoms with Gasteiger partial charge in [-0.25, -0.2) is 9.59 Å². The van der Waals surface area contributed by atoms with E-state index in [4.69, 9.17) is 9.15 Å². The molecule has 1 N–H and O–H groups in total. The van der Waals surface area contributed by atoms with Crippen LogP contribution in [0, 0.1) is 0 Å². The minimum Gasteiger partial charge on any atom is -0.453 e. The lowest BCUT2D eigenvalue weighted by Crippen LogP contribution is -2.64. The second-order valence-corrected chi connectivity index (χ2v) is 7.82. The van der Waals surface area contributed by atoms with Crippen molar-refractivity contribution in [1.82, 2.24) is 14.8 Å². The molecule has 1 amide bonds. The molecule has 2 aromatic rings.